The van der Waals surface area contributed by atoms with E-state index in [4.69, 9.17) is 11.5 Å². The molecule has 0 spiro atoms. The van der Waals surface area contributed by atoms with E-state index in [9.17, 15) is 9.59 Å². The third-order valence-electron chi connectivity index (χ3n) is 3.16. The highest BCUT2D eigenvalue weighted by Crippen LogP contribution is 2.31. The third-order valence-corrected chi connectivity index (χ3v) is 3.16. The molecule has 2 aromatic rings. The lowest BCUT2D eigenvalue weighted by Gasteiger charge is -2.13. The van der Waals surface area contributed by atoms with Gasteiger partial charge in [0.25, 0.3) is 0 Å². The van der Waals surface area contributed by atoms with Crippen LogP contribution < -0.4 is 11.5 Å². The minimum Gasteiger partial charge on any atom is -0.399 e. The monoisotopic (exact) mass is 268 g/mol. The summed E-state index contributed by atoms with van der Waals surface area (Å²) in [6.07, 6.45) is 0. The van der Waals surface area contributed by atoms with E-state index in [1.54, 1.807) is 24.3 Å². The number of rotatable bonds is 3. The van der Waals surface area contributed by atoms with Crippen LogP contribution in [0.2, 0.25) is 0 Å². The van der Waals surface area contributed by atoms with Crippen LogP contribution in [0.25, 0.3) is 11.1 Å². The highest BCUT2D eigenvalue weighted by molar-refractivity contribution is 6.14. The van der Waals surface area contributed by atoms with E-state index in [1.165, 1.54) is 13.8 Å². The van der Waals surface area contributed by atoms with Crippen molar-refractivity contribution < 1.29 is 9.59 Å². The average Bonchev–Trinajstić information content (AvgIpc) is 2.39. The van der Waals surface area contributed by atoms with E-state index < -0.39 is 0 Å². The van der Waals surface area contributed by atoms with Crippen LogP contribution in [0.1, 0.15) is 34.6 Å². The van der Waals surface area contributed by atoms with E-state index in [2.05, 4.69) is 0 Å². The predicted molar refractivity (Wildman–Crippen MR) is 80.7 cm³/mol. The minimum absolute atomic E-state index is 0.186. The van der Waals surface area contributed by atoms with Gasteiger partial charge in [-0.05, 0) is 43.2 Å². The smallest absolute Gasteiger partial charge is 0.162 e. The zero-order chi connectivity index (χ0) is 14.9. The molecule has 0 unspecified atom stereocenters. The van der Waals surface area contributed by atoms with E-state index in [-0.39, 0.29) is 17.1 Å². The molecule has 4 heteroatoms. The molecule has 0 atom stereocenters. The van der Waals surface area contributed by atoms with Crippen LogP contribution in [0.15, 0.2) is 36.4 Å². The maximum atomic E-state index is 12.0. The van der Waals surface area contributed by atoms with Gasteiger partial charge in [0.1, 0.15) is 0 Å². The van der Waals surface area contributed by atoms with E-state index >= 15 is 0 Å². The summed E-state index contributed by atoms with van der Waals surface area (Å²) in [6.45, 7) is 2.84. The lowest BCUT2D eigenvalue weighted by Crippen LogP contribution is -2.10. The Morgan fingerprint density at radius 3 is 1.85 bits per heavy atom. The fourth-order valence-corrected chi connectivity index (χ4v) is 2.27. The molecule has 102 valence electrons. The van der Waals surface area contributed by atoms with Gasteiger partial charge in [0.05, 0.1) is 5.56 Å². The summed E-state index contributed by atoms with van der Waals surface area (Å²) in [7, 11) is 0. The lowest BCUT2D eigenvalue weighted by molar-refractivity contribution is 0.0982. The number of carbonyl (C=O) groups excluding carboxylic acids is 2. The molecule has 0 radical (unpaired) electrons. The molecule has 0 amide bonds. The number of anilines is 2. The van der Waals surface area contributed by atoms with E-state index in [0.29, 0.717) is 22.5 Å². The fraction of sp³-hybridized carbons (Fsp3) is 0.125. The Kier molecular flexibility index (Phi) is 3.57. The zero-order valence-electron chi connectivity index (χ0n) is 11.4. The van der Waals surface area contributed by atoms with Gasteiger partial charge in [-0.3, -0.25) is 9.59 Å². The number of hydrogen-bond donors (Lipinski definition) is 2. The van der Waals surface area contributed by atoms with Crippen LogP contribution in [-0.2, 0) is 0 Å². The highest BCUT2D eigenvalue weighted by atomic mass is 16.1. The van der Waals surface area contributed by atoms with Crippen LogP contribution in [0.5, 0.6) is 0 Å². The first-order valence-electron chi connectivity index (χ1n) is 6.22. The first-order chi connectivity index (χ1) is 9.41. The van der Waals surface area contributed by atoms with Crippen molar-refractivity contribution in [2.24, 2.45) is 0 Å². The van der Waals surface area contributed by atoms with Crippen LogP contribution >= 0.6 is 0 Å². The molecule has 0 aromatic heterocycles. The van der Waals surface area contributed by atoms with Gasteiger partial charge in [-0.25, -0.2) is 0 Å². The van der Waals surface area contributed by atoms with Gasteiger partial charge in [-0.1, -0.05) is 18.2 Å². The number of Topliss-reactive ketones (excluding diaryl/α,β-unsaturated/α-hetero) is 2. The number of ketones is 2. The molecule has 0 aliphatic rings. The zero-order valence-corrected chi connectivity index (χ0v) is 11.4. The number of hydrogen-bond acceptors (Lipinski definition) is 4. The maximum Gasteiger partial charge on any atom is 0.162 e. The quantitative estimate of drug-likeness (QED) is 0.662. The van der Waals surface area contributed by atoms with Crippen LogP contribution in [0, 0.1) is 0 Å². The van der Waals surface area contributed by atoms with Crippen molar-refractivity contribution in [3.8, 4) is 11.1 Å². The normalized spacial score (nSPS) is 10.3. The molecule has 0 heterocycles. The topological polar surface area (TPSA) is 86.2 Å². The Hall–Kier alpha value is -2.62. The summed E-state index contributed by atoms with van der Waals surface area (Å²) in [5, 5.41) is 0. The molecule has 4 N–H and O–H groups in total. The summed E-state index contributed by atoms with van der Waals surface area (Å²) in [5.74, 6) is -0.403. The lowest BCUT2D eigenvalue weighted by atomic mass is 9.90. The molecular formula is C16H16N2O2. The van der Waals surface area contributed by atoms with Crippen molar-refractivity contribution in [1.82, 2.24) is 0 Å². The molecule has 0 saturated carbocycles. The second kappa shape index (κ2) is 5.17. The third kappa shape index (κ3) is 2.40. The number of carbonyl (C=O) groups is 2. The molecule has 0 fully saturated rings. The van der Waals surface area contributed by atoms with Gasteiger partial charge >= 0.3 is 0 Å². The van der Waals surface area contributed by atoms with Gasteiger partial charge in [-0.2, -0.15) is 0 Å². The summed E-state index contributed by atoms with van der Waals surface area (Å²) < 4.78 is 0. The van der Waals surface area contributed by atoms with Crippen molar-refractivity contribution in [2.45, 2.75) is 13.8 Å². The Morgan fingerprint density at radius 2 is 1.35 bits per heavy atom. The highest BCUT2D eigenvalue weighted by Gasteiger charge is 2.19. The predicted octanol–water partition coefficient (Wildman–Crippen LogP) is 2.92. The summed E-state index contributed by atoms with van der Waals surface area (Å²) in [6, 6.07) is 10.5. The molecule has 0 bridgehead atoms. The van der Waals surface area contributed by atoms with E-state index in [1.807, 2.05) is 12.1 Å². The summed E-state index contributed by atoms with van der Waals surface area (Å²) in [5.41, 5.74) is 14.6. The minimum atomic E-state index is -0.218. The molecule has 0 aliphatic carbocycles. The largest absolute Gasteiger partial charge is 0.399 e. The van der Waals surface area contributed by atoms with Gasteiger partial charge in [0, 0.05) is 16.9 Å². The van der Waals surface area contributed by atoms with Gasteiger partial charge < -0.3 is 11.5 Å². The Morgan fingerprint density at radius 1 is 0.800 bits per heavy atom. The first kappa shape index (κ1) is 13.8. The van der Waals surface area contributed by atoms with Crippen molar-refractivity contribution in [3.05, 3.63) is 47.5 Å². The molecular weight excluding hydrogens is 252 g/mol. The van der Waals surface area contributed by atoms with Crippen molar-refractivity contribution in [1.29, 1.82) is 0 Å². The average molecular weight is 268 g/mol. The van der Waals surface area contributed by atoms with Gasteiger partial charge in [0.15, 0.2) is 11.6 Å². The number of nitrogen functional groups attached to an aromatic ring is 2. The molecule has 4 nitrogen and oxygen atoms in total. The van der Waals surface area contributed by atoms with Gasteiger partial charge in [0.2, 0.25) is 0 Å². The van der Waals surface area contributed by atoms with Crippen LogP contribution in [0.4, 0.5) is 11.4 Å². The standard InChI is InChI=1S/C16H16N2O2/c1-9(19)15-13(11-3-5-12(17)6-4-11)7-8-14(18)16(15)10(2)20/h3-8H,17-18H2,1-2H3. The van der Waals surface area contributed by atoms with Crippen LogP contribution in [-0.4, -0.2) is 11.6 Å². The second-order valence-electron chi connectivity index (χ2n) is 4.69. The first-order valence-corrected chi connectivity index (χ1v) is 6.22. The molecule has 2 aromatic carbocycles. The maximum absolute atomic E-state index is 12.0. The molecule has 0 saturated heterocycles. The molecule has 0 aliphatic heterocycles. The number of nitrogens with two attached hydrogens (primary N) is 2. The van der Waals surface area contributed by atoms with Gasteiger partial charge in [-0.15, -0.1) is 0 Å². The second-order valence-corrected chi connectivity index (χ2v) is 4.69. The molecule has 20 heavy (non-hydrogen) atoms. The fourth-order valence-electron chi connectivity index (χ4n) is 2.27. The number of benzene rings is 2. The summed E-state index contributed by atoms with van der Waals surface area (Å²) in [4.78, 5) is 23.7. The van der Waals surface area contributed by atoms with Crippen molar-refractivity contribution >= 4 is 22.9 Å². The Balaban J connectivity index is 2.77. The van der Waals surface area contributed by atoms with Crippen molar-refractivity contribution in [2.75, 3.05) is 11.5 Å². The van der Waals surface area contributed by atoms with Crippen molar-refractivity contribution in [3.63, 3.8) is 0 Å². The summed E-state index contributed by atoms with van der Waals surface area (Å²) >= 11 is 0. The SMILES string of the molecule is CC(=O)c1c(N)ccc(-c2ccc(N)cc2)c1C(C)=O. The Bertz CT molecular complexity index is 688. The van der Waals surface area contributed by atoms with Crippen LogP contribution in [0.3, 0.4) is 0 Å². The molecule has 2 rings (SSSR count). The Labute approximate surface area is 117 Å². The van der Waals surface area contributed by atoms with E-state index in [0.717, 1.165) is 5.56 Å².